The number of hydrazone groups is 1. The molecule has 0 saturated heterocycles. The Balaban J connectivity index is 1.92. The molecule has 0 aliphatic carbocycles. The molecular formula is C20H16N4O2. The number of rotatable bonds is 5. The van der Waals surface area contributed by atoms with Gasteiger partial charge in [0, 0.05) is 5.56 Å². The Bertz CT molecular complexity index is 938. The molecule has 0 saturated carbocycles. The largest absolute Gasteiger partial charge is 0.478 e. The van der Waals surface area contributed by atoms with E-state index in [4.69, 9.17) is 0 Å². The number of carboxylic acids is 1. The zero-order valence-corrected chi connectivity index (χ0v) is 13.8. The van der Waals surface area contributed by atoms with Crippen molar-refractivity contribution in [3.63, 3.8) is 0 Å². The number of hydrogen-bond donors (Lipinski definition) is 2. The average molecular weight is 344 g/mol. The Labute approximate surface area is 150 Å². The molecule has 0 unspecified atom stereocenters. The van der Waals surface area contributed by atoms with Crippen LogP contribution < -0.4 is 5.43 Å². The highest BCUT2D eigenvalue weighted by molar-refractivity contribution is 6.00. The first-order chi connectivity index (χ1) is 12.7. The monoisotopic (exact) mass is 344 g/mol. The fourth-order valence-corrected chi connectivity index (χ4v) is 2.21. The molecule has 0 bridgehead atoms. The zero-order chi connectivity index (χ0) is 18.2. The lowest BCUT2D eigenvalue weighted by Gasteiger charge is -2.06. The molecule has 6 nitrogen and oxygen atoms in total. The van der Waals surface area contributed by atoms with Gasteiger partial charge >= 0.3 is 5.97 Å². The SMILES string of the molecule is O=C(O)c1ccccc1NN=C(N=Nc1ccccc1)c1ccccc1. The van der Waals surface area contributed by atoms with Crippen LogP contribution in [0.3, 0.4) is 0 Å². The second-order valence-electron chi connectivity index (χ2n) is 5.30. The van der Waals surface area contributed by atoms with Gasteiger partial charge in [-0.2, -0.15) is 5.10 Å². The molecule has 0 aromatic heterocycles. The molecule has 3 rings (SSSR count). The van der Waals surface area contributed by atoms with Crippen LogP contribution in [0, 0.1) is 0 Å². The minimum absolute atomic E-state index is 0.128. The fraction of sp³-hybridized carbons (Fsp3) is 0. The number of hydrogen-bond acceptors (Lipinski definition) is 4. The van der Waals surface area contributed by atoms with Crippen molar-refractivity contribution in [2.24, 2.45) is 15.3 Å². The molecule has 0 amide bonds. The molecule has 6 heteroatoms. The summed E-state index contributed by atoms with van der Waals surface area (Å²) in [6, 6.07) is 25.2. The molecule has 0 radical (unpaired) electrons. The van der Waals surface area contributed by atoms with E-state index < -0.39 is 5.97 Å². The molecule has 0 aliphatic rings. The summed E-state index contributed by atoms with van der Waals surface area (Å²) in [5.74, 6) is -0.690. The normalized spacial score (nSPS) is 11.5. The lowest BCUT2D eigenvalue weighted by molar-refractivity contribution is 0.0698. The van der Waals surface area contributed by atoms with Crippen molar-refractivity contribution in [2.45, 2.75) is 0 Å². The van der Waals surface area contributed by atoms with Crippen LogP contribution in [0.25, 0.3) is 0 Å². The van der Waals surface area contributed by atoms with Crippen molar-refractivity contribution in [3.8, 4) is 0 Å². The summed E-state index contributed by atoms with van der Waals surface area (Å²) in [5, 5.41) is 21.9. The van der Waals surface area contributed by atoms with Crippen LogP contribution in [-0.2, 0) is 0 Å². The number of carbonyl (C=O) groups is 1. The first-order valence-corrected chi connectivity index (χ1v) is 7.92. The van der Waals surface area contributed by atoms with Crippen LogP contribution in [0.5, 0.6) is 0 Å². The van der Waals surface area contributed by atoms with Gasteiger partial charge in [-0.3, -0.25) is 5.43 Å². The molecule has 0 aliphatic heterocycles. The van der Waals surface area contributed by atoms with Crippen LogP contribution in [0.2, 0.25) is 0 Å². The lowest BCUT2D eigenvalue weighted by atomic mass is 10.2. The van der Waals surface area contributed by atoms with E-state index in [1.807, 2.05) is 60.7 Å². The number of amidine groups is 1. The lowest BCUT2D eigenvalue weighted by Crippen LogP contribution is -2.05. The molecule has 0 spiro atoms. The molecule has 0 fully saturated rings. The molecule has 128 valence electrons. The maximum Gasteiger partial charge on any atom is 0.337 e. The molecule has 2 N–H and O–H groups in total. The van der Waals surface area contributed by atoms with E-state index in [-0.39, 0.29) is 5.56 Å². The van der Waals surface area contributed by atoms with Gasteiger partial charge in [-0.1, -0.05) is 60.7 Å². The van der Waals surface area contributed by atoms with E-state index in [0.29, 0.717) is 17.2 Å². The van der Waals surface area contributed by atoms with E-state index in [0.717, 1.165) is 5.56 Å². The zero-order valence-electron chi connectivity index (χ0n) is 13.8. The summed E-state index contributed by atoms with van der Waals surface area (Å²) in [5.41, 5.74) is 4.74. The van der Waals surface area contributed by atoms with Gasteiger partial charge in [0.2, 0.25) is 5.84 Å². The highest BCUT2D eigenvalue weighted by Crippen LogP contribution is 2.16. The van der Waals surface area contributed by atoms with Gasteiger partial charge in [0.25, 0.3) is 0 Å². The highest BCUT2D eigenvalue weighted by atomic mass is 16.4. The Morgan fingerprint density at radius 3 is 2.12 bits per heavy atom. The third-order valence-corrected chi connectivity index (χ3v) is 3.49. The standard InChI is InChI=1S/C20H16N4O2/c25-20(26)17-13-7-8-14-18(17)22-24-19(15-9-3-1-4-10-15)23-21-16-11-5-2-6-12-16/h1-14,22H,(H,25,26). The fourth-order valence-electron chi connectivity index (χ4n) is 2.21. The average Bonchev–Trinajstić information content (AvgIpc) is 2.69. The third-order valence-electron chi connectivity index (χ3n) is 3.49. The summed E-state index contributed by atoms with van der Waals surface area (Å²) in [4.78, 5) is 11.3. The molecule has 0 atom stereocenters. The molecular weight excluding hydrogens is 328 g/mol. The van der Waals surface area contributed by atoms with Gasteiger partial charge in [-0.15, -0.1) is 10.2 Å². The minimum atomic E-state index is -1.03. The van der Waals surface area contributed by atoms with Crippen LogP contribution in [0.1, 0.15) is 15.9 Å². The quantitative estimate of drug-likeness (QED) is 0.297. The number of aromatic carboxylic acids is 1. The number of carboxylic acid groups (broad SMARTS) is 1. The van der Waals surface area contributed by atoms with Crippen molar-refractivity contribution in [1.82, 2.24) is 0 Å². The maximum absolute atomic E-state index is 11.3. The number of azo groups is 1. The van der Waals surface area contributed by atoms with Crippen molar-refractivity contribution < 1.29 is 9.90 Å². The van der Waals surface area contributed by atoms with Crippen LogP contribution in [0.15, 0.2) is 100 Å². The second kappa shape index (κ2) is 8.34. The Hall–Kier alpha value is -3.80. The van der Waals surface area contributed by atoms with Crippen molar-refractivity contribution in [1.29, 1.82) is 0 Å². The van der Waals surface area contributed by atoms with E-state index >= 15 is 0 Å². The number of nitrogens with zero attached hydrogens (tertiary/aromatic N) is 3. The van der Waals surface area contributed by atoms with Crippen LogP contribution in [-0.4, -0.2) is 16.9 Å². The number of benzene rings is 3. The van der Waals surface area contributed by atoms with E-state index in [2.05, 4.69) is 20.8 Å². The van der Waals surface area contributed by atoms with Crippen LogP contribution in [0.4, 0.5) is 11.4 Å². The Morgan fingerprint density at radius 1 is 0.808 bits per heavy atom. The Kier molecular flexibility index (Phi) is 5.47. The van der Waals surface area contributed by atoms with Gasteiger partial charge in [0.1, 0.15) is 0 Å². The van der Waals surface area contributed by atoms with Gasteiger partial charge in [-0.25, -0.2) is 4.79 Å². The number of nitrogens with one attached hydrogen (secondary N) is 1. The summed E-state index contributed by atoms with van der Waals surface area (Å²) >= 11 is 0. The van der Waals surface area contributed by atoms with E-state index in [1.54, 1.807) is 18.2 Å². The summed E-state index contributed by atoms with van der Waals surface area (Å²) in [6.07, 6.45) is 0. The van der Waals surface area contributed by atoms with Gasteiger partial charge in [0.15, 0.2) is 0 Å². The van der Waals surface area contributed by atoms with Crippen LogP contribution >= 0.6 is 0 Å². The first-order valence-electron chi connectivity index (χ1n) is 7.92. The predicted molar refractivity (Wildman–Crippen MR) is 101 cm³/mol. The second-order valence-corrected chi connectivity index (χ2v) is 5.30. The molecule has 26 heavy (non-hydrogen) atoms. The van der Waals surface area contributed by atoms with Crippen molar-refractivity contribution in [3.05, 3.63) is 96.1 Å². The maximum atomic E-state index is 11.3. The van der Waals surface area contributed by atoms with Crippen molar-refractivity contribution in [2.75, 3.05) is 5.43 Å². The summed E-state index contributed by atoms with van der Waals surface area (Å²) in [6.45, 7) is 0. The third kappa shape index (κ3) is 4.39. The van der Waals surface area contributed by atoms with Gasteiger partial charge in [-0.05, 0) is 24.3 Å². The Morgan fingerprint density at radius 2 is 1.42 bits per heavy atom. The number of para-hydroxylation sites is 1. The highest BCUT2D eigenvalue weighted by Gasteiger charge is 2.09. The molecule has 3 aromatic rings. The smallest absolute Gasteiger partial charge is 0.337 e. The van der Waals surface area contributed by atoms with Crippen molar-refractivity contribution >= 4 is 23.2 Å². The summed E-state index contributed by atoms with van der Waals surface area (Å²) < 4.78 is 0. The molecule has 3 aromatic carbocycles. The number of anilines is 1. The van der Waals surface area contributed by atoms with Gasteiger partial charge in [0.05, 0.1) is 16.9 Å². The minimum Gasteiger partial charge on any atom is -0.478 e. The van der Waals surface area contributed by atoms with E-state index in [1.165, 1.54) is 6.07 Å². The van der Waals surface area contributed by atoms with Gasteiger partial charge < -0.3 is 5.11 Å². The predicted octanol–water partition coefficient (Wildman–Crippen LogP) is 4.94. The molecule has 0 heterocycles. The topological polar surface area (TPSA) is 86.4 Å². The first kappa shape index (κ1) is 17.0. The van der Waals surface area contributed by atoms with E-state index in [9.17, 15) is 9.90 Å². The summed E-state index contributed by atoms with van der Waals surface area (Å²) in [7, 11) is 0.